The molecule has 0 aliphatic heterocycles. The van der Waals surface area contributed by atoms with E-state index in [4.69, 9.17) is 0 Å². The molecule has 2 N–H and O–H groups in total. The Bertz CT molecular complexity index is 434. The topological polar surface area (TPSA) is 41.4 Å². The predicted octanol–water partition coefficient (Wildman–Crippen LogP) is 1.53. The monoisotopic (exact) mass is 252 g/mol. The van der Waals surface area contributed by atoms with Gasteiger partial charge in [-0.05, 0) is 13.0 Å². The average molecular weight is 252 g/mol. The largest absolute Gasteiger partial charge is 0.315 e. The van der Waals surface area contributed by atoms with Gasteiger partial charge in [0.2, 0.25) is 0 Å². The third-order valence-electron chi connectivity index (χ3n) is 2.68. The summed E-state index contributed by atoms with van der Waals surface area (Å²) in [5.41, 5.74) is 1.34. The molecule has 2 aromatic rings. The fourth-order valence-corrected chi connectivity index (χ4v) is 2.66. The second-order valence-electron chi connectivity index (χ2n) is 4.06. The van der Waals surface area contributed by atoms with Gasteiger partial charge < -0.3 is 10.6 Å². The number of nitrogens with one attached hydrogen (secondary N) is 2. The molecule has 2 aromatic heterocycles. The number of hydrogen-bond acceptors (Lipinski definition) is 4. The van der Waals surface area contributed by atoms with Gasteiger partial charge in [0.15, 0.2) is 4.96 Å². The first kappa shape index (κ1) is 12.5. The van der Waals surface area contributed by atoms with Gasteiger partial charge in [0.1, 0.15) is 0 Å². The minimum absolute atomic E-state index is 1.03. The van der Waals surface area contributed by atoms with Gasteiger partial charge in [0, 0.05) is 49.5 Å². The predicted molar refractivity (Wildman–Crippen MR) is 72.8 cm³/mol. The van der Waals surface area contributed by atoms with E-state index in [-0.39, 0.29) is 0 Å². The Morgan fingerprint density at radius 1 is 1.24 bits per heavy atom. The summed E-state index contributed by atoms with van der Waals surface area (Å²) in [6, 6.07) is 0. The molecular formula is C12H20N4S. The SMILES string of the molecule is CCCNCCNCCc1csc2nccn12. The second-order valence-corrected chi connectivity index (χ2v) is 4.89. The van der Waals surface area contributed by atoms with Crippen molar-refractivity contribution in [2.45, 2.75) is 19.8 Å². The van der Waals surface area contributed by atoms with Gasteiger partial charge >= 0.3 is 0 Å². The fourth-order valence-electron chi connectivity index (χ4n) is 1.77. The number of fused-ring (bicyclic) bond motifs is 1. The molecule has 0 aromatic carbocycles. The first-order chi connectivity index (χ1) is 8.42. The van der Waals surface area contributed by atoms with Gasteiger partial charge in [-0.1, -0.05) is 6.92 Å². The lowest BCUT2D eigenvalue weighted by molar-refractivity contribution is 0.604. The van der Waals surface area contributed by atoms with Gasteiger partial charge in [-0.15, -0.1) is 11.3 Å². The number of nitrogens with zero attached hydrogens (tertiary/aromatic N) is 2. The van der Waals surface area contributed by atoms with Gasteiger partial charge in [0.05, 0.1) is 0 Å². The van der Waals surface area contributed by atoms with Crippen LogP contribution in [0.4, 0.5) is 0 Å². The molecule has 0 aliphatic carbocycles. The smallest absolute Gasteiger partial charge is 0.193 e. The number of imidazole rings is 1. The van der Waals surface area contributed by atoms with E-state index in [9.17, 15) is 0 Å². The van der Waals surface area contributed by atoms with Crippen molar-refractivity contribution in [3.63, 3.8) is 0 Å². The van der Waals surface area contributed by atoms with Gasteiger partial charge in [-0.25, -0.2) is 4.98 Å². The molecule has 0 aliphatic rings. The molecule has 0 unspecified atom stereocenters. The van der Waals surface area contributed by atoms with Crippen LogP contribution < -0.4 is 10.6 Å². The van der Waals surface area contributed by atoms with E-state index in [1.165, 1.54) is 12.1 Å². The van der Waals surface area contributed by atoms with Crippen molar-refractivity contribution >= 4 is 16.3 Å². The molecule has 0 atom stereocenters. The highest BCUT2D eigenvalue weighted by molar-refractivity contribution is 7.15. The quantitative estimate of drug-likeness (QED) is 0.700. The molecule has 0 radical (unpaired) electrons. The zero-order valence-electron chi connectivity index (χ0n) is 10.3. The minimum atomic E-state index is 1.03. The molecular weight excluding hydrogens is 232 g/mol. The van der Waals surface area contributed by atoms with Crippen LogP contribution in [-0.2, 0) is 6.42 Å². The van der Waals surface area contributed by atoms with E-state index >= 15 is 0 Å². The van der Waals surface area contributed by atoms with E-state index in [0.717, 1.165) is 37.6 Å². The standard InChI is InChI=1S/C12H20N4S/c1-2-4-13-6-7-14-5-3-11-10-17-12-15-8-9-16(11)12/h8-10,13-14H,2-7H2,1H3. The number of hydrogen-bond donors (Lipinski definition) is 2. The zero-order chi connectivity index (χ0) is 11.9. The Morgan fingerprint density at radius 3 is 2.88 bits per heavy atom. The lowest BCUT2D eigenvalue weighted by Gasteiger charge is -2.05. The molecule has 17 heavy (non-hydrogen) atoms. The van der Waals surface area contributed by atoms with Crippen molar-refractivity contribution in [1.29, 1.82) is 0 Å². The summed E-state index contributed by atoms with van der Waals surface area (Å²) in [7, 11) is 0. The maximum absolute atomic E-state index is 4.27. The molecule has 0 spiro atoms. The first-order valence-corrected chi connectivity index (χ1v) is 7.10. The van der Waals surface area contributed by atoms with Crippen molar-refractivity contribution in [2.75, 3.05) is 26.2 Å². The second kappa shape index (κ2) is 6.74. The molecule has 94 valence electrons. The number of rotatable bonds is 8. The van der Waals surface area contributed by atoms with Crippen molar-refractivity contribution in [2.24, 2.45) is 0 Å². The number of aromatic nitrogens is 2. The molecule has 0 fully saturated rings. The Balaban J connectivity index is 1.64. The van der Waals surface area contributed by atoms with Crippen molar-refractivity contribution < 1.29 is 0 Å². The summed E-state index contributed by atoms with van der Waals surface area (Å²) in [5.74, 6) is 0. The van der Waals surface area contributed by atoms with Gasteiger partial charge in [0.25, 0.3) is 0 Å². The van der Waals surface area contributed by atoms with Crippen LogP contribution in [-0.4, -0.2) is 35.6 Å². The van der Waals surface area contributed by atoms with Crippen LogP contribution in [0.3, 0.4) is 0 Å². The molecule has 5 heteroatoms. The fraction of sp³-hybridized carbons (Fsp3) is 0.583. The minimum Gasteiger partial charge on any atom is -0.315 e. The maximum atomic E-state index is 4.27. The molecule has 2 heterocycles. The zero-order valence-corrected chi connectivity index (χ0v) is 11.1. The highest BCUT2D eigenvalue weighted by Crippen LogP contribution is 2.14. The van der Waals surface area contributed by atoms with E-state index in [1.807, 2.05) is 12.4 Å². The third-order valence-corrected chi connectivity index (χ3v) is 3.58. The van der Waals surface area contributed by atoms with Crippen LogP contribution in [0.15, 0.2) is 17.8 Å². The summed E-state index contributed by atoms with van der Waals surface area (Å²) in [4.78, 5) is 5.36. The van der Waals surface area contributed by atoms with Crippen LogP contribution in [0.5, 0.6) is 0 Å². The first-order valence-electron chi connectivity index (χ1n) is 6.22. The molecule has 0 amide bonds. The van der Waals surface area contributed by atoms with Crippen LogP contribution in [0, 0.1) is 0 Å². The Labute approximate surface area is 106 Å². The normalized spacial score (nSPS) is 11.4. The van der Waals surface area contributed by atoms with Crippen molar-refractivity contribution in [3.8, 4) is 0 Å². The summed E-state index contributed by atoms with van der Waals surface area (Å²) in [5, 5.41) is 9.02. The summed E-state index contributed by atoms with van der Waals surface area (Å²) in [6.45, 7) is 6.42. The lowest BCUT2D eigenvalue weighted by atomic mass is 10.3. The van der Waals surface area contributed by atoms with Crippen LogP contribution >= 0.6 is 11.3 Å². The Kier molecular flexibility index (Phi) is 4.97. The average Bonchev–Trinajstić information content (AvgIpc) is 2.92. The summed E-state index contributed by atoms with van der Waals surface area (Å²) >= 11 is 1.71. The van der Waals surface area contributed by atoms with Crippen LogP contribution in [0.25, 0.3) is 4.96 Å². The molecule has 0 saturated carbocycles. The van der Waals surface area contributed by atoms with E-state index in [0.29, 0.717) is 0 Å². The number of thiazole rings is 1. The molecule has 0 saturated heterocycles. The maximum Gasteiger partial charge on any atom is 0.193 e. The highest BCUT2D eigenvalue weighted by Gasteiger charge is 2.02. The van der Waals surface area contributed by atoms with E-state index in [2.05, 4.69) is 32.3 Å². The Morgan fingerprint density at radius 2 is 2.06 bits per heavy atom. The van der Waals surface area contributed by atoms with Gasteiger partial charge in [-0.3, -0.25) is 4.40 Å². The van der Waals surface area contributed by atoms with Crippen molar-refractivity contribution in [1.82, 2.24) is 20.0 Å². The van der Waals surface area contributed by atoms with Crippen LogP contribution in [0.1, 0.15) is 19.0 Å². The van der Waals surface area contributed by atoms with Crippen LogP contribution in [0.2, 0.25) is 0 Å². The Hall–Kier alpha value is -0.910. The van der Waals surface area contributed by atoms with E-state index < -0.39 is 0 Å². The summed E-state index contributed by atoms with van der Waals surface area (Å²) < 4.78 is 2.17. The molecule has 2 rings (SSSR count). The summed E-state index contributed by atoms with van der Waals surface area (Å²) in [6.07, 6.45) is 6.15. The lowest BCUT2D eigenvalue weighted by Crippen LogP contribution is -2.29. The van der Waals surface area contributed by atoms with Crippen molar-refractivity contribution in [3.05, 3.63) is 23.5 Å². The molecule has 4 nitrogen and oxygen atoms in total. The molecule has 0 bridgehead atoms. The van der Waals surface area contributed by atoms with Gasteiger partial charge in [-0.2, -0.15) is 0 Å². The third kappa shape index (κ3) is 3.52. The van der Waals surface area contributed by atoms with E-state index in [1.54, 1.807) is 11.3 Å². The highest BCUT2D eigenvalue weighted by atomic mass is 32.1.